The lowest BCUT2D eigenvalue weighted by Crippen LogP contribution is -2.40. The first kappa shape index (κ1) is 14.3. The number of methoxy groups -OCH3 is 1. The summed E-state index contributed by atoms with van der Waals surface area (Å²) >= 11 is 0. The molecule has 1 aliphatic carbocycles. The molecule has 0 heterocycles. The molecule has 0 aromatic heterocycles. The van der Waals surface area contributed by atoms with E-state index in [1.807, 2.05) is 0 Å². The molecule has 0 unspecified atom stereocenters. The maximum atomic E-state index is 11.6. The van der Waals surface area contributed by atoms with E-state index in [-0.39, 0.29) is 23.7 Å². The summed E-state index contributed by atoms with van der Waals surface area (Å²) in [6.07, 6.45) is 1.81. The van der Waals surface area contributed by atoms with Crippen molar-refractivity contribution in [3.8, 4) is 0 Å². The predicted octanol–water partition coefficient (Wildman–Crippen LogP) is 1.54. The molecule has 108 valence electrons. The molecule has 1 amide bonds. The molecule has 1 aromatic carbocycles. The van der Waals surface area contributed by atoms with Crippen LogP contribution >= 0.6 is 0 Å². The van der Waals surface area contributed by atoms with E-state index in [9.17, 15) is 14.9 Å². The summed E-state index contributed by atoms with van der Waals surface area (Å²) in [5, 5.41) is 16.6. The highest BCUT2D eigenvalue weighted by atomic mass is 16.6. The Morgan fingerprint density at radius 2 is 2.15 bits per heavy atom. The van der Waals surface area contributed by atoms with Crippen molar-refractivity contribution in [3.63, 3.8) is 0 Å². The largest absolute Gasteiger partial charge is 0.381 e. The smallest absolute Gasteiger partial charge is 0.292 e. The van der Waals surface area contributed by atoms with E-state index in [2.05, 4.69) is 10.6 Å². The van der Waals surface area contributed by atoms with Crippen molar-refractivity contribution in [2.45, 2.75) is 25.0 Å². The van der Waals surface area contributed by atoms with Crippen LogP contribution in [0.3, 0.4) is 0 Å². The molecule has 7 heteroatoms. The zero-order chi connectivity index (χ0) is 14.7. The van der Waals surface area contributed by atoms with Gasteiger partial charge in [-0.05, 0) is 25.0 Å². The molecule has 0 bridgehead atoms. The lowest BCUT2D eigenvalue weighted by atomic mass is 9.89. The fourth-order valence-electron chi connectivity index (χ4n) is 2.19. The summed E-state index contributed by atoms with van der Waals surface area (Å²) in [6.45, 7) is 0. The van der Waals surface area contributed by atoms with Crippen LogP contribution in [0.2, 0.25) is 0 Å². The number of rotatable bonds is 5. The van der Waals surface area contributed by atoms with Crippen LogP contribution in [-0.2, 0) is 4.74 Å². The topological polar surface area (TPSA) is 93.5 Å². The molecule has 1 saturated carbocycles. The van der Waals surface area contributed by atoms with E-state index in [0.29, 0.717) is 11.3 Å². The van der Waals surface area contributed by atoms with Crippen LogP contribution in [0.25, 0.3) is 0 Å². The van der Waals surface area contributed by atoms with Gasteiger partial charge in [-0.2, -0.15) is 0 Å². The van der Waals surface area contributed by atoms with Gasteiger partial charge in [0.1, 0.15) is 5.69 Å². The third-order valence-corrected chi connectivity index (χ3v) is 3.47. The van der Waals surface area contributed by atoms with Crippen LogP contribution in [-0.4, -0.2) is 37.1 Å². The number of anilines is 1. The van der Waals surface area contributed by atoms with Crippen molar-refractivity contribution in [2.75, 3.05) is 19.5 Å². The summed E-state index contributed by atoms with van der Waals surface area (Å²) in [6, 6.07) is 4.44. The first-order valence-electron chi connectivity index (χ1n) is 6.35. The second-order valence-electron chi connectivity index (χ2n) is 4.74. The molecule has 7 nitrogen and oxygen atoms in total. The van der Waals surface area contributed by atoms with Crippen molar-refractivity contribution >= 4 is 17.3 Å². The molecule has 1 aromatic rings. The summed E-state index contributed by atoms with van der Waals surface area (Å²) in [5.41, 5.74) is 0.734. The number of carbonyl (C=O) groups is 1. The van der Waals surface area contributed by atoms with Crippen molar-refractivity contribution in [1.29, 1.82) is 0 Å². The van der Waals surface area contributed by atoms with Gasteiger partial charge < -0.3 is 15.4 Å². The minimum atomic E-state index is -0.456. The van der Waals surface area contributed by atoms with Gasteiger partial charge in [0.05, 0.1) is 11.0 Å². The molecule has 0 radical (unpaired) electrons. The zero-order valence-electron chi connectivity index (χ0n) is 11.4. The maximum Gasteiger partial charge on any atom is 0.292 e. The van der Waals surface area contributed by atoms with Crippen LogP contribution in [0.5, 0.6) is 0 Å². The molecule has 0 atom stereocenters. The lowest BCUT2D eigenvalue weighted by molar-refractivity contribution is -0.384. The van der Waals surface area contributed by atoms with E-state index < -0.39 is 4.92 Å². The Kier molecular flexibility index (Phi) is 4.19. The minimum absolute atomic E-state index is 0.0291. The average molecular weight is 279 g/mol. The van der Waals surface area contributed by atoms with Gasteiger partial charge in [0.15, 0.2) is 0 Å². The third-order valence-electron chi connectivity index (χ3n) is 3.47. The normalized spacial score (nSPS) is 20.9. The van der Waals surface area contributed by atoms with E-state index in [1.54, 1.807) is 7.11 Å². The van der Waals surface area contributed by atoms with Crippen LogP contribution < -0.4 is 10.6 Å². The number of benzene rings is 1. The zero-order valence-corrected chi connectivity index (χ0v) is 11.4. The maximum absolute atomic E-state index is 11.6. The molecular weight excluding hydrogens is 262 g/mol. The van der Waals surface area contributed by atoms with E-state index in [0.717, 1.165) is 12.8 Å². The first-order valence-corrected chi connectivity index (χ1v) is 6.35. The Bertz CT molecular complexity index is 526. The van der Waals surface area contributed by atoms with Crippen molar-refractivity contribution in [2.24, 2.45) is 0 Å². The number of nitro groups is 1. The fourth-order valence-corrected chi connectivity index (χ4v) is 2.19. The van der Waals surface area contributed by atoms with E-state index in [4.69, 9.17) is 4.74 Å². The fraction of sp³-hybridized carbons (Fsp3) is 0.462. The number of amides is 1. The number of ether oxygens (including phenoxy) is 1. The average Bonchev–Trinajstić information content (AvgIpc) is 2.40. The van der Waals surface area contributed by atoms with Crippen LogP contribution in [0.15, 0.2) is 18.2 Å². The SMILES string of the molecule is CNC(=O)c1ccc([N+](=O)[O-])c(NC2CC(OC)C2)c1. The highest BCUT2D eigenvalue weighted by Gasteiger charge is 2.30. The van der Waals surface area contributed by atoms with Crippen molar-refractivity contribution < 1.29 is 14.5 Å². The third kappa shape index (κ3) is 2.88. The molecule has 0 saturated heterocycles. The Morgan fingerprint density at radius 3 is 2.70 bits per heavy atom. The molecule has 2 rings (SSSR count). The second kappa shape index (κ2) is 5.87. The number of carbonyl (C=O) groups excluding carboxylic acids is 1. The number of hydrogen-bond acceptors (Lipinski definition) is 5. The second-order valence-corrected chi connectivity index (χ2v) is 4.74. The predicted molar refractivity (Wildman–Crippen MR) is 73.9 cm³/mol. The quantitative estimate of drug-likeness (QED) is 0.630. The molecule has 0 spiro atoms. The molecule has 2 N–H and O–H groups in total. The van der Waals surface area contributed by atoms with Gasteiger partial charge in [-0.25, -0.2) is 0 Å². The summed E-state index contributed by atoms with van der Waals surface area (Å²) in [7, 11) is 3.17. The van der Waals surface area contributed by atoms with Gasteiger partial charge in [0, 0.05) is 31.8 Å². The van der Waals surface area contributed by atoms with Gasteiger partial charge in [-0.3, -0.25) is 14.9 Å². The Labute approximate surface area is 116 Å². The molecular formula is C13H17N3O4. The number of hydrogen-bond donors (Lipinski definition) is 2. The van der Waals surface area contributed by atoms with E-state index in [1.165, 1.54) is 25.2 Å². The lowest BCUT2D eigenvalue weighted by Gasteiger charge is -2.35. The highest BCUT2D eigenvalue weighted by molar-refractivity contribution is 5.95. The summed E-state index contributed by atoms with van der Waals surface area (Å²) in [4.78, 5) is 22.2. The standard InChI is InChI=1S/C13H17N3O4/c1-14-13(17)8-3-4-12(16(18)19)11(5-8)15-9-6-10(7-9)20-2/h3-5,9-10,15H,6-7H2,1-2H3,(H,14,17). The molecule has 1 fully saturated rings. The Hall–Kier alpha value is -2.15. The molecule has 0 aliphatic heterocycles. The number of nitrogens with one attached hydrogen (secondary N) is 2. The Morgan fingerprint density at radius 1 is 1.45 bits per heavy atom. The van der Waals surface area contributed by atoms with Crippen LogP contribution in [0.1, 0.15) is 23.2 Å². The monoisotopic (exact) mass is 279 g/mol. The number of nitrogens with zero attached hydrogens (tertiary/aromatic N) is 1. The van der Waals surface area contributed by atoms with Gasteiger partial charge in [-0.1, -0.05) is 0 Å². The van der Waals surface area contributed by atoms with Gasteiger partial charge in [0.25, 0.3) is 11.6 Å². The van der Waals surface area contributed by atoms with Gasteiger partial charge in [0.2, 0.25) is 0 Å². The molecule has 1 aliphatic rings. The van der Waals surface area contributed by atoms with E-state index >= 15 is 0 Å². The number of nitro benzene ring substituents is 1. The highest BCUT2D eigenvalue weighted by Crippen LogP contribution is 2.31. The molecule has 20 heavy (non-hydrogen) atoms. The Balaban J connectivity index is 2.19. The minimum Gasteiger partial charge on any atom is -0.381 e. The summed E-state index contributed by atoms with van der Waals surface area (Å²) in [5.74, 6) is -0.272. The van der Waals surface area contributed by atoms with Crippen LogP contribution in [0, 0.1) is 10.1 Å². The van der Waals surface area contributed by atoms with Gasteiger partial charge >= 0.3 is 0 Å². The van der Waals surface area contributed by atoms with Crippen LogP contribution in [0.4, 0.5) is 11.4 Å². The van der Waals surface area contributed by atoms with Gasteiger partial charge in [-0.15, -0.1) is 0 Å². The van der Waals surface area contributed by atoms with Crippen molar-refractivity contribution in [1.82, 2.24) is 5.32 Å². The first-order chi connectivity index (χ1) is 9.55. The summed E-state index contributed by atoms with van der Waals surface area (Å²) < 4.78 is 5.17. The van der Waals surface area contributed by atoms with Crippen molar-refractivity contribution in [3.05, 3.63) is 33.9 Å².